The molecule has 5 rings (SSSR count). The fourth-order valence-electron chi connectivity index (χ4n) is 3.79. The van der Waals surface area contributed by atoms with Crippen LogP contribution in [0.15, 0.2) is 77.7 Å². The summed E-state index contributed by atoms with van der Waals surface area (Å²) in [6.45, 7) is -0.00257. The first-order chi connectivity index (χ1) is 15.0. The summed E-state index contributed by atoms with van der Waals surface area (Å²) >= 11 is 6.99. The molecular formula is C25H15ClFNO2S. The Hall–Kier alpha value is -3.15. The molecule has 4 aromatic rings. The number of imide groups is 1. The number of carbonyl (C=O) groups is 2. The normalized spacial score (nSPS) is 15.5. The molecule has 1 aliphatic heterocycles. The van der Waals surface area contributed by atoms with Gasteiger partial charge in [0.25, 0.3) is 11.1 Å². The van der Waals surface area contributed by atoms with Crippen LogP contribution in [0.5, 0.6) is 0 Å². The third-order valence-corrected chi connectivity index (χ3v) is 6.56. The Morgan fingerprint density at radius 2 is 1.55 bits per heavy atom. The van der Waals surface area contributed by atoms with E-state index in [4.69, 9.17) is 11.6 Å². The summed E-state index contributed by atoms with van der Waals surface area (Å²) in [6, 6.07) is 22.0. The van der Waals surface area contributed by atoms with E-state index in [-0.39, 0.29) is 22.7 Å². The van der Waals surface area contributed by atoms with Crippen LogP contribution in [-0.2, 0) is 11.3 Å². The summed E-state index contributed by atoms with van der Waals surface area (Å²) in [4.78, 5) is 27.2. The van der Waals surface area contributed by atoms with Crippen molar-refractivity contribution in [2.75, 3.05) is 0 Å². The highest BCUT2D eigenvalue weighted by atomic mass is 35.5. The summed E-state index contributed by atoms with van der Waals surface area (Å²) in [5.41, 5.74) is 1.42. The number of rotatable bonds is 3. The Morgan fingerprint density at radius 3 is 2.19 bits per heavy atom. The lowest BCUT2D eigenvalue weighted by Gasteiger charge is -2.13. The molecule has 0 N–H and O–H groups in total. The van der Waals surface area contributed by atoms with Crippen LogP contribution in [0, 0.1) is 5.82 Å². The van der Waals surface area contributed by atoms with Gasteiger partial charge in [-0.1, -0.05) is 66.2 Å². The minimum absolute atomic E-state index is 0.00257. The van der Waals surface area contributed by atoms with Gasteiger partial charge in [0.2, 0.25) is 0 Å². The van der Waals surface area contributed by atoms with Gasteiger partial charge in [0.05, 0.1) is 11.4 Å². The van der Waals surface area contributed by atoms with Gasteiger partial charge < -0.3 is 0 Å². The molecule has 1 saturated heterocycles. The van der Waals surface area contributed by atoms with Gasteiger partial charge in [-0.2, -0.15) is 0 Å². The largest absolute Gasteiger partial charge is 0.293 e. The maximum absolute atomic E-state index is 13.3. The summed E-state index contributed by atoms with van der Waals surface area (Å²) in [6.07, 6.45) is 1.79. The molecule has 152 valence electrons. The molecule has 31 heavy (non-hydrogen) atoms. The van der Waals surface area contributed by atoms with E-state index < -0.39 is 5.82 Å². The molecule has 1 aliphatic rings. The Bertz CT molecular complexity index is 1360. The zero-order valence-corrected chi connectivity index (χ0v) is 17.7. The molecule has 2 amide bonds. The van der Waals surface area contributed by atoms with E-state index in [1.807, 2.05) is 48.5 Å². The highest BCUT2D eigenvalue weighted by Crippen LogP contribution is 2.37. The molecular weight excluding hydrogens is 433 g/mol. The van der Waals surface area contributed by atoms with E-state index in [0.717, 1.165) is 43.8 Å². The second-order valence-electron chi connectivity index (χ2n) is 7.24. The molecule has 6 heteroatoms. The topological polar surface area (TPSA) is 37.4 Å². The van der Waals surface area contributed by atoms with Crippen molar-refractivity contribution >= 4 is 62.1 Å². The zero-order chi connectivity index (χ0) is 21.5. The number of halogens is 2. The molecule has 0 saturated carbocycles. The molecule has 0 spiro atoms. The van der Waals surface area contributed by atoms with Gasteiger partial charge in [-0.05, 0) is 68.7 Å². The Labute approximate surface area is 187 Å². The van der Waals surface area contributed by atoms with Crippen molar-refractivity contribution in [2.45, 2.75) is 6.54 Å². The highest BCUT2D eigenvalue weighted by Gasteiger charge is 2.35. The molecule has 0 radical (unpaired) electrons. The minimum atomic E-state index is -0.467. The molecule has 0 aliphatic carbocycles. The Balaban J connectivity index is 1.58. The maximum Gasteiger partial charge on any atom is 0.293 e. The SMILES string of the molecule is O=C1S/C(=C\c2c3ccccc3cc3ccccc23)C(=O)N1Cc1ccc(F)cc1Cl. The monoisotopic (exact) mass is 447 g/mol. The number of fused-ring (bicyclic) bond motifs is 2. The summed E-state index contributed by atoms with van der Waals surface area (Å²) in [5, 5.41) is 3.95. The molecule has 0 atom stereocenters. The van der Waals surface area contributed by atoms with Gasteiger partial charge in [0.1, 0.15) is 5.82 Å². The number of hydrogen-bond acceptors (Lipinski definition) is 3. The lowest BCUT2D eigenvalue weighted by Crippen LogP contribution is -2.27. The van der Waals surface area contributed by atoms with Crippen molar-refractivity contribution in [3.8, 4) is 0 Å². The highest BCUT2D eigenvalue weighted by molar-refractivity contribution is 8.18. The number of hydrogen-bond donors (Lipinski definition) is 0. The van der Waals surface area contributed by atoms with Crippen molar-refractivity contribution in [1.82, 2.24) is 4.90 Å². The molecule has 0 unspecified atom stereocenters. The molecule has 1 fully saturated rings. The average molecular weight is 448 g/mol. The van der Waals surface area contributed by atoms with Crippen LogP contribution >= 0.6 is 23.4 Å². The van der Waals surface area contributed by atoms with Gasteiger partial charge in [0, 0.05) is 5.02 Å². The maximum atomic E-state index is 13.3. The van der Waals surface area contributed by atoms with Crippen LogP contribution in [-0.4, -0.2) is 16.0 Å². The van der Waals surface area contributed by atoms with Crippen molar-refractivity contribution in [1.29, 1.82) is 0 Å². The van der Waals surface area contributed by atoms with Gasteiger partial charge in [0.15, 0.2) is 0 Å². The number of benzene rings is 4. The van der Waals surface area contributed by atoms with Crippen molar-refractivity contribution in [3.05, 3.63) is 99.7 Å². The lowest BCUT2D eigenvalue weighted by molar-refractivity contribution is -0.123. The third-order valence-electron chi connectivity index (χ3n) is 5.31. The molecule has 4 aromatic carbocycles. The smallest absolute Gasteiger partial charge is 0.268 e. The van der Waals surface area contributed by atoms with Gasteiger partial charge in [-0.15, -0.1) is 0 Å². The summed E-state index contributed by atoms with van der Waals surface area (Å²) < 4.78 is 13.3. The summed E-state index contributed by atoms with van der Waals surface area (Å²) in [7, 11) is 0. The van der Waals surface area contributed by atoms with Crippen molar-refractivity contribution in [2.24, 2.45) is 0 Å². The van der Waals surface area contributed by atoms with Gasteiger partial charge in [-0.3, -0.25) is 14.5 Å². The Kier molecular flexibility index (Phi) is 5.00. The van der Waals surface area contributed by atoms with Crippen LogP contribution in [0.25, 0.3) is 27.6 Å². The lowest BCUT2D eigenvalue weighted by atomic mass is 9.96. The van der Waals surface area contributed by atoms with Crippen LogP contribution in [0.1, 0.15) is 11.1 Å². The van der Waals surface area contributed by atoms with Gasteiger partial charge in [-0.25, -0.2) is 4.39 Å². The predicted molar refractivity (Wildman–Crippen MR) is 124 cm³/mol. The molecule has 1 heterocycles. The average Bonchev–Trinajstić information content (AvgIpc) is 3.02. The number of carbonyl (C=O) groups excluding carboxylic acids is 2. The van der Waals surface area contributed by atoms with Crippen LogP contribution in [0.3, 0.4) is 0 Å². The van der Waals surface area contributed by atoms with E-state index in [0.29, 0.717) is 10.5 Å². The number of amides is 2. The van der Waals surface area contributed by atoms with Gasteiger partial charge >= 0.3 is 0 Å². The zero-order valence-electron chi connectivity index (χ0n) is 16.1. The van der Waals surface area contributed by atoms with E-state index >= 15 is 0 Å². The van der Waals surface area contributed by atoms with E-state index in [1.165, 1.54) is 18.2 Å². The first-order valence-corrected chi connectivity index (χ1v) is 10.8. The van der Waals surface area contributed by atoms with E-state index in [9.17, 15) is 14.0 Å². The first-order valence-electron chi connectivity index (χ1n) is 9.61. The second kappa shape index (κ2) is 7.84. The quantitative estimate of drug-likeness (QED) is 0.250. The van der Waals surface area contributed by atoms with E-state index in [2.05, 4.69) is 6.07 Å². The standard InChI is InChI=1S/C25H15ClFNO2S/c26-22-12-18(27)10-9-17(22)14-28-24(29)23(31-25(28)30)13-21-19-7-3-1-5-15(19)11-16-6-2-4-8-20(16)21/h1-13H,14H2/b23-13-. The third kappa shape index (κ3) is 3.60. The van der Waals surface area contributed by atoms with Crippen molar-refractivity contribution < 1.29 is 14.0 Å². The fourth-order valence-corrected chi connectivity index (χ4v) is 4.84. The number of thioether (sulfide) groups is 1. The molecule has 0 bridgehead atoms. The predicted octanol–water partition coefficient (Wildman–Crippen LogP) is 7.02. The summed E-state index contributed by atoms with van der Waals surface area (Å²) in [5.74, 6) is -0.849. The minimum Gasteiger partial charge on any atom is -0.268 e. The van der Waals surface area contributed by atoms with Crippen molar-refractivity contribution in [3.63, 3.8) is 0 Å². The first kappa shape index (κ1) is 19.8. The van der Waals surface area contributed by atoms with Crippen LogP contribution in [0.2, 0.25) is 5.02 Å². The molecule has 0 aromatic heterocycles. The Morgan fingerprint density at radius 1 is 0.903 bits per heavy atom. The van der Waals surface area contributed by atoms with E-state index in [1.54, 1.807) is 6.08 Å². The second-order valence-corrected chi connectivity index (χ2v) is 8.64. The van der Waals surface area contributed by atoms with Crippen LogP contribution < -0.4 is 0 Å². The van der Waals surface area contributed by atoms with Crippen LogP contribution in [0.4, 0.5) is 9.18 Å². The number of nitrogens with zero attached hydrogens (tertiary/aromatic N) is 1. The fraction of sp³-hybridized carbons (Fsp3) is 0.0400. The molecule has 3 nitrogen and oxygen atoms in total.